The Bertz CT molecular complexity index is 774. The van der Waals surface area contributed by atoms with Gasteiger partial charge in [-0.25, -0.2) is 0 Å². The third kappa shape index (κ3) is 4.21. The van der Waals surface area contributed by atoms with E-state index in [1.54, 1.807) is 0 Å². The minimum absolute atomic E-state index is 0.0450. The molecule has 0 atom stereocenters. The van der Waals surface area contributed by atoms with Crippen LogP contribution in [0.2, 0.25) is 0 Å². The van der Waals surface area contributed by atoms with E-state index in [1.807, 2.05) is 65.3 Å². The number of hydrogen-bond donors (Lipinski definition) is 0. The van der Waals surface area contributed by atoms with Gasteiger partial charge in [0.2, 0.25) is 0 Å². The van der Waals surface area contributed by atoms with Crippen LogP contribution in [0.4, 0.5) is 0 Å². The summed E-state index contributed by atoms with van der Waals surface area (Å²) in [4.78, 5) is 29.2. The molecule has 0 N–H and O–H groups in total. The second kappa shape index (κ2) is 7.99. The molecule has 3 rings (SSSR count). The molecule has 0 saturated carbocycles. The van der Waals surface area contributed by atoms with E-state index < -0.39 is 0 Å². The molecule has 0 aliphatic carbocycles. The number of benzene rings is 2. The summed E-state index contributed by atoms with van der Waals surface area (Å²) in [5.41, 5.74) is 2.59. The van der Waals surface area contributed by atoms with Crippen LogP contribution in [0.25, 0.3) is 0 Å². The SMILES string of the molecule is Cc1ccc(C(=O)N2CCCN(C(=O)c3ccccc3I)CC2)cc1. The molecule has 1 aliphatic rings. The second-order valence-corrected chi connectivity index (χ2v) is 7.45. The molecule has 0 aromatic heterocycles. The lowest BCUT2D eigenvalue weighted by atomic mass is 10.1. The lowest BCUT2D eigenvalue weighted by molar-refractivity contribution is 0.0718. The zero-order valence-electron chi connectivity index (χ0n) is 14.2. The summed E-state index contributed by atoms with van der Waals surface area (Å²) in [5, 5.41) is 0. The van der Waals surface area contributed by atoms with Crippen molar-refractivity contribution in [1.29, 1.82) is 0 Å². The molecule has 2 aromatic carbocycles. The average molecular weight is 448 g/mol. The molecule has 2 aromatic rings. The molecule has 5 heteroatoms. The van der Waals surface area contributed by atoms with Crippen LogP contribution in [-0.4, -0.2) is 47.8 Å². The zero-order chi connectivity index (χ0) is 17.8. The van der Waals surface area contributed by atoms with E-state index in [2.05, 4.69) is 22.6 Å². The molecule has 0 spiro atoms. The second-order valence-electron chi connectivity index (χ2n) is 6.28. The van der Waals surface area contributed by atoms with E-state index >= 15 is 0 Å². The van der Waals surface area contributed by atoms with E-state index in [9.17, 15) is 9.59 Å². The van der Waals surface area contributed by atoms with Gasteiger partial charge in [0.25, 0.3) is 11.8 Å². The van der Waals surface area contributed by atoms with Gasteiger partial charge in [0.1, 0.15) is 0 Å². The molecule has 0 bridgehead atoms. The van der Waals surface area contributed by atoms with Crippen LogP contribution < -0.4 is 0 Å². The molecule has 130 valence electrons. The van der Waals surface area contributed by atoms with Gasteiger partial charge in [0.15, 0.2) is 0 Å². The largest absolute Gasteiger partial charge is 0.337 e. The van der Waals surface area contributed by atoms with Crippen molar-refractivity contribution in [3.05, 3.63) is 68.8 Å². The molecule has 1 saturated heterocycles. The predicted molar refractivity (Wildman–Crippen MR) is 107 cm³/mol. The highest BCUT2D eigenvalue weighted by molar-refractivity contribution is 14.1. The van der Waals surface area contributed by atoms with Crippen molar-refractivity contribution in [2.24, 2.45) is 0 Å². The number of aryl methyl sites for hydroxylation is 1. The van der Waals surface area contributed by atoms with Crippen LogP contribution in [0, 0.1) is 10.5 Å². The summed E-state index contributed by atoms with van der Waals surface area (Å²) in [6.45, 7) is 4.52. The molecular weight excluding hydrogens is 427 g/mol. The Hall–Kier alpha value is -1.89. The average Bonchev–Trinajstić information content (AvgIpc) is 2.88. The lowest BCUT2D eigenvalue weighted by Gasteiger charge is -2.22. The first-order chi connectivity index (χ1) is 12.1. The van der Waals surface area contributed by atoms with Crippen molar-refractivity contribution in [3.8, 4) is 0 Å². The molecule has 1 aliphatic heterocycles. The zero-order valence-corrected chi connectivity index (χ0v) is 16.4. The number of hydrogen-bond acceptors (Lipinski definition) is 2. The van der Waals surface area contributed by atoms with E-state index in [0.717, 1.165) is 21.1 Å². The van der Waals surface area contributed by atoms with Gasteiger partial charge in [-0.05, 0) is 60.2 Å². The molecule has 4 nitrogen and oxygen atoms in total. The van der Waals surface area contributed by atoms with E-state index in [1.165, 1.54) is 0 Å². The van der Waals surface area contributed by atoms with E-state index in [-0.39, 0.29) is 11.8 Å². The van der Waals surface area contributed by atoms with Crippen LogP contribution >= 0.6 is 22.6 Å². The third-order valence-electron chi connectivity index (χ3n) is 4.47. The summed E-state index contributed by atoms with van der Waals surface area (Å²) in [5.74, 6) is 0.0956. The number of amides is 2. The Balaban J connectivity index is 1.68. The fraction of sp³-hybridized carbons (Fsp3) is 0.300. The van der Waals surface area contributed by atoms with Gasteiger partial charge in [0.05, 0.1) is 5.56 Å². The highest BCUT2D eigenvalue weighted by Gasteiger charge is 2.24. The van der Waals surface area contributed by atoms with Gasteiger partial charge >= 0.3 is 0 Å². The molecular formula is C20H21IN2O2. The molecule has 1 fully saturated rings. The lowest BCUT2D eigenvalue weighted by Crippen LogP contribution is -2.37. The molecule has 25 heavy (non-hydrogen) atoms. The maximum Gasteiger partial charge on any atom is 0.254 e. The van der Waals surface area contributed by atoms with Crippen molar-refractivity contribution in [2.75, 3.05) is 26.2 Å². The summed E-state index contributed by atoms with van der Waals surface area (Å²) in [6, 6.07) is 15.3. The maximum absolute atomic E-state index is 12.8. The first-order valence-corrected chi connectivity index (χ1v) is 9.54. The molecule has 0 radical (unpaired) electrons. The van der Waals surface area contributed by atoms with Gasteiger partial charge in [-0.15, -0.1) is 0 Å². The van der Waals surface area contributed by atoms with Crippen LogP contribution in [0.3, 0.4) is 0 Å². The first-order valence-electron chi connectivity index (χ1n) is 8.46. The maximum atomic E-state index is 12.8. The Morgan fingerprint density at radius 2 is 1.44 bits per heavy atom. The number of nitrogens with zero attached hydrogens (tertiary/aromatic N) is 2. The topological polar surface area (TPSA) is 40.6 Å². The predicted octanol–water partition coefficient (Wildman–Crippen LogP) is 3.59. The third-order valence-corrected chi connectivity index (χ3v) is 5.41. The van der Waals surface area contributed by atoms with Gasteiger partial charge in [-0.3, -0.25) is 9.59 Å². The molecule has 1 heterocycles. The van der Waals surface area contributed by atoms with Gasteiger partial charge in [-0.1, -0.05) is 29.8 Å². The van der Waals surface area contributed by atoms with Crippen molar-refractivity contribution in [3.63, 3.8) is 0 Å². The molecule has 2 amide bonds. The number of rotatable bonds is 2. The minimum Gasteiger partial charge on any atom is -0.337 e. The van der Waals surface area contributed by atoms with E-state index in [4.69, 9.17) is 0 Å². The van der Waals surface area contributed by atoms with Crippen LogP contribution in [0.1, 0.15) is 32.7 Å². The van der Waals surface area contributed by atoms with Gasteiger partial charge < -0.3 is 9.80 Å². The fourth-order valence-corrected chi connectivity index (χ4v) is 3.63. The standard InChI is InChI=1S/C20H21IN2O2/c1-15-7-9-16(10-8-15)19(24)22-11-4-12-23(14-13-22)20(25)17-5-2-3-6-18(17)21/h2-3,5-10H,4,11-14H2,1H3. The fourth-order valence-electron chi connectivity index (χ4n) is 3.01. The van der Waals surface area contributed by atoms with Crippen molar-refractivity contribution >= 4 is 34.4 Å². The minimum atomic E-state index is 0.0450. The van der Waals surface area contributed by atoms with Gasteiger partial charge in [-0.2, -0.15) is 0 Å². The monoisotopic (exact) mass is 448 g/mol. The van der Waals surface area contributed by atoms with Crippen molar-refractivity contribution in [2.45, 2.75) is 13.3 Å². The Kier molecular flexibility index (Phi) is 5.73. The highest BCUT2D eigenvalue weighted by Crippen LogP contribution is 2.16. The highest BCUT2D eigenvalue weighted by atomic mass is 127. The molecule has 0 unspecified atom stereocenters. The van der Waals surface area contributed by atoms with Crippen LogP contribution in [-0.2, 0) is 0 Å². The van der Waals surface area contributed by atoms with Crippen LogP contribution in [0.15, 0.2) is 48.5 Å². The summed E-state index contributed by atoms with van der Waals surface area (Å²) in [6.07, 6.45) is 0.798. The first kappa shape index (κ1) is 17.9. The van der Waals surface area contributed by atoms with Crippen molar-refractivity contribution in [1.82, 2.24) is 9.80 Å². The Morgan fingerprint density at radius 1 is 0.840 bits per heavy atom. The number of carbonyl (C=O) groups is 2. The summed E-state index contributed by atoms with van der Waals surface area (Å²) >= 11 is 2.19. The smallest absolute Gasteiger partial charge is 0.254 e. The van der Waals surface area contributed by atoms with E-state index in [0.29, 0.717) is 31.7 Å². The summed E-state index contributed by atoms with van der Waals surface area (Å²) in [7, 11) is 0. The van der Waals surface area contributed by atoms with Crippen LogP contribution in [0.5, 0.6) is 0 Å². The number of carbonyl (C=O) groups excluding carboxylic acids is 2. The van der Waals surface area contributed by atoms with Gasteiger partial charge in [0, 0.05) is 35.3 Å². The Morgan fingerprint density at radius 3 is 2.08 bits per heavy atom. The normalized spacial score (nSPS) is 15.0. The summed E-state index contributed by atoms with van der Waals surface area (Å²) < 4.78 is 0.960. The number of halogens is 1. The quantitative estimate of drug-likeness (QED) is 0.660. The van der Waals surface area contributed by atoms with Crippen molar-refractivity contribution < 1.29 is 9.59 Å². The Labute approximate surface area is 162 Å².